The molecule has 0 aromatic heterocycles. The second-order valence-corrected chi connectivity index (χ2v) is 4.93. The van der Waals surface area contributed by atoms with Gasteiger partial charge in [-0.2, -0.15) is 0 Å². The molecule has 0 radical (unpaired) electrons. The van der Waals surface area contributed by atoms with Crippen molar-refractivity contribution in [3.05, 3.63) is 0 Å². The number of nitrogens with one attached hydrogen (secondary N) is 1. The Hall–Kier alpha value is -0.240. The van der Waals surface area contributed by atoms with E-state index in [0.717, 1.165) is 19.3 Å². The van der Waals surface area contributed by atoms with Gasteiger partial charge in [0, 0.05) is 6.04 Å². The fraction of sp³-hybridized carbons (Fsp3) is 1.00. The average molecular weight is 263 g/mol. The standard InChI is InChI=1S/C12H25NO5/c1-3-5-8(4-2)13-7-12(17)11(16)10(15)9(14)6-18-12/h8-11,13-17H,3-7H2,1-2H3. The second kappa shape index (κ2) is 6.79. The normalized spacial score (nSPS) is 38.7. The smallest absolute Gasteiger partial charge is 0.207 e. The van der Waals surface area contributed by atoms with E-state index >= 15 is 0 Å². The lowest BCUT2D eigenvalue weighted by Crippen LogP contribution is -2.64. The third-order valence-electron chi connectivity index (χ3n) is 3.46. The summed E-state index contributed by atoms with van der Waals surface area (Å²) in [6.45, 7) is 3.94. The Morgan fingerprint density at radius 3 is 2.56 bits per heavy atom. The Morgan fingerprint density at radius 1 is 1.33 bits per heavy atom. The van der Waals surface area contributed by atoms with Crippen LogP contribution in [0.25, 0.3) is 0 Å². The summed E-state index contributed by atoms with van der Waals surface area (Å²) in [7, 11) is 0. The summed E-state index contributed by atoms with van der Waals surface area (Å²) >= 11 is 0. The van der Waals surface area contributed by atoms with Gasteiger partial charge in [0.15, 0.2) is 0 Å². The topological polar surface area (TPSA) is 102 Å². The molecule has 5 atom stereocenters. The SMILES string of the molecule is CCCC(CC)NCC1(O)OCC(O)C(O)C1O. The first kappa shape index (κ1) is 15.8. The predicted molar refractivity (Wildman–Crippen MR) is 65.9 cm³/mol. The van der Waals surface area contributed by atoms with Crippen molar-refractivity contribution >= 4 is 0 Å². The molecule has 108 valence electrons. The first-order valence-corrected chi connectivity index (χ1v) is 6.58. The second-order valence-electron chi connectivity index (χ2n) is 4.93. The lowest BCUT2D eigenvalue weighted by Gasteiger charge is -2.42. The van der Waals surface area contributed by atoms with E-state index in [2.05, 4.69) is 12.2 Å². The van der Waals surface area contributed by atoms with Crippen molar-refractivity contribution in [3.63, 3.8) is 0 Å². The minimum atomic E-state index is -1.85. The Balaban J connectivity index is 2.53. The molecule has 5 unspecified atom stereocenters. The zero-order valence-electron chi connectivity index (χ0n) is 11.0. The summed E-state index contributed by atoms with van der Waals surface area (Å²) in [5, 5.41) is 41.9. The van der Waals surface area contributed by atoms with E-state index < -0.39 is 24.1 Å². The molecule has 0 bridgehead atoms. The molecule has 1 aliphatic rings. The molecule has 0 aromatic rings. The molecule has 0 saturated carbocycles. The van der Waals surface area contributed by atoms with Crippen LogP contribution in [-0.2, 0) is 4.74 Å². The number of aliphatic hydroxyl groups excluding tert-OH is 3. The van der Waals surface area contributed by atoms with Gasteiger partial charge >= 0.3 is 0 Å². The molecule has 1 aliphatic heterocycles. The quantitative estimate of drug-likeness (QED) is 0.419. The summed E-state index contributed by atoms with van der Waals surface area (Å²) in [6.07, 6.45) is -1.18. The van der Waals surface area contributed by atoms with E-state index in [1.807, 2.05) is 6.92 Å². The summed E-state index contributed by atoms with van der Waals surface area (Å²) < 4.78 is 5.07. The molecule has 1 heterocycles. The summed E-state index contributed by atoms with van der Waals surface area (Å²) in [5.74, 6) is -1.85. The molecule has 5 N–H and O–H groups in total. The van der Waals surface area contributed by atoms with Gasteiger partial charge in [-0.15, -0.1) is 0 Å². The fourth-order valence-corrected chi connectivity index (χ4v) is 2.14. The van der Waals surface area contributed by atoms with Gasteiger partial charge in [-0.3, -0.25) is 0 Å². The van der Waals surface area contributed by atoms with Crippen LogP contribution in [0.5, 0.6) is 0 Å². The lowest BCUT2D eigenvalue weighted by atomic mass is 9.96. The molecule has 6 heteroatoms. The lowest BCUT2D eigenvalue weighted by molar-refractivity contribution is -0.318. The third-order valence-corrected chi connectivity index (χ3v) is 3.46. The Bertz CT molecular complexity index is 253. The maximum atomic E-state index is 10.1. The number of hydrogen-bond acceptors (Lipinski definition) is 6. The van der Waals surface area contributed by atoms with Crippen molar-refractivity contribution < 1.29 is 25.2 Å². The fourth-order valence-electron chi connectivity index (χ4n) is 2.14. The van der Waals surface area contributed by atoms with E-state index in [1.165, 1.54) is 0 Å². The van der Waals surface area contributed by atoms with Gasteiger partial charge in [-0.25, -0.2) is 0 Å². The number of aliphatic hydroxyl groups is 4. The van der Waals surface area contributed by atoms with Gasteiger partial charge in [-0.1, -0.05) is 20.3 Å². The third kappa shape index (κ3) is 3.63. The highest BCUT2D eigenvalue weighted by molar-refractivity contribution is 4.93. The van der Waals surface area contributed by atoms with Crippen molar-refractivity contribution in [3.8, 4) is 0 Å². The van der Waals surface area contributed by atoms with Gasteiger partial charge in [0.2, 0.25) is 5.79 Å². The van der Waals surface area contributed by atoms with Gasteiger partial charge in [0.05, 0.1) is 13.2 Å². The molecule has 0 spiro atoms. The molecule has 1 fully saturated rings. The highest BCUT2D eigenvalue weighted by Gasteiger charge is 2.48. The Morgan fingerprint density at radius 2 is 2.00 bits per heavy atom. The van der Waals surface area contributed by atoms with Crippen LogP contribution in [0.3, 0.4) is 0 Å². The van der Waals surface area contributed by atoms with Crippen LogP contribution in [0.4, 0.5) is 0 Å². The first-order chi connectivity index (χ1) is 8.44. The first-order valence-electron chi connectivity index (χ1n) is 6.58. The van der Waals surface area contributed by atoms with Crippen molar-refractivity contribution in [2.75, 3.05) is 13.2 Å². The van der Waals surface area contributed by atoms with Crippen LogP contribution >= 0.6 is 0 Å². The Labute approximate surface area is 108 Å². The maximum Gasteiger partial charge on any atom is 0.207 e. The van der Waals surface area contributed by atoms with Gasteiger partial charge in [-0.05, 0) is 12.8 Å². The van der Waals surface area contributed by atoms with Crippen LogP contribution in [0.2, 0.25) is 0 Å². The molecule has 0 amide bonds. The zero-order chi connectivity index (χ0) is 13.8. The number of hydrogen-bond donors (Lipinski definition) is 5. The molecule has 1 saturated heterocycles. The van der Waals surface area contributed by atoms with Crippen LogP contribution < -0.4 is 5.32 Å². The summed E-state index contributed by atoms with van der Waals surface area (Å²) in [6, 6.07) is 0.235. The van der Waals surface area contributed by atoms with Crippen molar-refractivity contribution in [2.45, 2.75) is 63.3 Å². The Kier molecular flexibility index (Phi) is 5.97. The van der Waals surface area contributed by atoms with Gasteiger partial charge < -0.3 is 30.5 Å². The molecule has 18 heavy (non-hydrogen) atoms. The van der Waals surface area contributed by atoms with Crippen LogP contribution in [0.15, 0.2) is 0 Å². The largest absolute Gasteiger partial charge is 0.388 e. The molecule has 1 rings (SSSR count). The maximum absolute atomic E-state index is 10.1. The van der Waals surface area contributed by atoms with E-state index in [4.69, 9.17) is 4.74 Å². The summed E-state index contributed by atoms with van der Waals surface area (Å²) in [5.41, 5.74) is 0. The van der Waals surface area contributed by atoms with Crippen LogP contribution in [0.1, 0.15) is 33.1 Å². The van der Waals surface area contributed by atoms with E-state index in [0.29, 0.717) is 0 Å². The highest BCUT2D eigenvalue weighted by Crippen LogP contribution is 2.23. The molecular formula is C12H25NO5. The molecular weight excluding hydrogens is 238 g/mol. The number of rotatable bonds is 6. The van der Waals surface area contributed by atoms with Crippen LogP contribution in [-0.4, -0.2) is 63.7 Å². The monoisotopic (exact) mass is 263 g/mol. The minimum absolute atomic E-state index is 0.0243. The van der Waals surface area contributed by atoms with Crippen LogP contribution in [0, 0.1) is 0 Å². The molecule has 0 aliphatic carbocycles. The summed E-state index contributed by atoms with van der Waals surface area (Å²) in [4.78, 5) is 0. The van der Waals surface area contributed by atoms with E-state index in [1.54, 1.807) is 0 Å². The van der Waals surface area contributed by atoms with E-state index in [-0.39, 0.29) is 19.2 Å². The highest BCUT2D eigenvalue weighted by atomic mass is 16.6. The molecule has 6 nitrogen and oxygen atoms in total. The molecule has 0 aromatic carbocycles. The van der Waals surface area contributed by atoms with Gasteiger partial charge in [0.1, 0.15) is 18.3 Å². The zero-order valence-corrected chi connectivity index (χ0v) is 11.0. The predicted octanol–water partition coefficient (Wildman–Crippen LogP) is -1.04. The minimum Gasteiger partial charge on any atom is -0.388 e. The van der Waals surface area contributed by atoms with Gasteiger partial charge in [0.25, 0.3) is 0 Å². The number of ether oxygens (including phenoxy) is 1. The van der Waals surface area contributed by atoms with Crippen molar-refractivity contribution in [1.82, 2.24) is 5.32 Å². The van der Waals surface area contributed by atoms with E-state index in [9.17, 15) is 20.4 Å². The van der Waals surface area contributed by atoms with Crippen molar-refractivity contribution in [2.24, 2.45) is 0 Å². The average Bonchev–Trinajstić information content (AvgIpc) is 2.37. The van der Waals surface area contributed by atoms with Crippen molar-refractivity contribution in [1.29, 1.82) is 0 Å².